The number of hydrogen-bond acceptors (Lipinski definition) is 2. The molecule has 16 heavy (non-hydrogen) atoms. The molecule has 90 valence electrons. The standard InChI is InChI=1S/C14H23NS/c1-11(2)16-13-8-6-7-12(9-13)14(3,4)10-15-5/h6-9,11,15H,10H2,1-5H3. The Balaban J connectivity index is 2.89. The molecule has 0 aliphatic rings. The van der Waals surface area contributed by atoms with Gasteiger partial charge in [-0.3, -0.25) is 0 Å². The number of hydrogen-bond donors (Lipinski definition) is 1. The van der Waals surface area contributed by atoms with E-state index in [4.69, 9.17) is 0 Å². The predicted molar refractivity (Wildman–Crippen MR) is 74.4 cm³/mol. The van der Waals surface area contributed by atoms with E-state index in [0.29, 0.717) is 5.25 Å². The molecule has 0 fully saturated rings. The molecule has 0 atom stereocenters. The third-order valence-electron chi connectivity index (χ3n) is 2.61. The number of thioether (sulfide) groups is 1. The van der Waals surface area contributed by atoms with Gasteiger partial charge in [-0.15, -0.1) is 11.8 Å². The van der Waals surface area contributed by atoms with Crippen LogP contribution in [-0.2, 0) is 5.41 Å². The summed E-state index contributed by atoms with van der Waals surface area (Å²) >= 11 is 1.93. The van der Waals surface area contributed by atoms with Crippen LogP contribution < -0.4 is 5.32 Å². The second-order valence-corrected chi connectivity index (χ2v) is 6.76. The highest BCUT2D eigenvalue weighted by atomic mass is 32.2. The van der Waals surface area contributed by atoms with Gasteiger partial charge in [-0.05, 0) is 24.7 Å². The first-order chi connectivity index (χ1) is 7.45. The average Bonchev–Trinajstić information content (AvgIpc) is 2.17. The van der Waals surface area contributed by atoms with E-state index in [9.17, 15) is 0 Å². The molecule has 1 aromatic rings. The van der Waals surface area contributed by atoms with Gasteiger partial charge in [0.15, 0.2) is 0 Å². The minimum absolute atomic E-state index is 0.197. The van der Waals surface area contributed by atoms with E-state index in [0.717, 1.165) is 6.54 Å². The highest BCUT2D eigenvalue weighted by Gasteiger charge is 2.19. The monoisotopic (exact) mass is 237 g/mol. The van der Waals surface area contributed by atoms with Crippen LogP contribution in [0.2, 0.25) is 0 Å². The summed E-state index contributed by atoms with van der Waals surface area (Å²) in [6.07, 6.45) is 0. The first kappa shape index (κ1) is 13.6. The molecule has 0 amide bonds. The molecule has 0 saturated carbocycles. The van der Waals surface area contributed by atoms with Crippen molar-refractivity contribution in [3.63, 3.8) is 0 Å². The van der Waals surface area contributed by atoms with Crippen molar-refractivity contribution in [2.45, 2.75) is 43.3 Å². The first-order valence-corrected chi connectivity index (χ1v) is 6.75. The van der Waals surface area contributed by atoms with Gasteiger partial charge in [0, 0.05) is 22.1 Å². The second kappa shape index (κ2) is 5.74. The van der Waals surface area contributed by atoms with Crippen LogP contribution in [-0.4, -0.2) is 18.8 Å². The topological polar surface area (TPSA) is 12.0 Å². The van der Waals surface area contributed by atoms with E-state index < -0.39 is 0 Å². The van der Waals surface area contributed by atoms with Crippen LogP contribution in [0.15, 0.2) is 29.2 Å². The van der Waals surface area contributed by atoms with Crippen molar-refractivity contribution in [2.75, 3.05) is 13.6 Å². The van der Waals surface area contributed by atoms with Crippen LogP contribution in [0.25, 0.3) is 0 Å². The van der Waals surface area contributed by atoms with Crippen LogP contribution in [0.4, 0.5) is 0 Å². The van der Waals surface area contributed by atoms with E-state index >= 15 is 0 Å². The zero-order chi connectivity index (χ0) is 12.2. The van der Waals surface area contributed by atoms with E-state index in [-0.39, 0.29) is 5.41 Å². The molecule has 0 aliphatic carbocycles. The van der Waals surface area contributed by atoms with Gasteiger partial charge in [-0.1, -0.05) is 39.8 Å². The summed E-state index contributed by atoms with van der Waals surface area (Å²) in [4.78, 5) is 1.37. The Morgan fingerprint density at radius 1 is 1.31 bits per heavy atom. The lowest BCUT2D eigenvalue weighted by molar-refractivity contribution is 0.493. The molecule has 0 aromatic heterocycles. The molecular formula is C14H23NS. The minimum atomic E-state index is 0.197. The smallest absolute Gasteiger partial charge is 0.00775 e. The van der Waals surface area contributed by atoms with Gasteiger partial charge in [-0.2, -0.15) is 0 Å². The fraction of sp³-hybridized carbons (Fsp3) is 0.571. The van der Waals surface area contributed by atoms with Gasteiger partial charge in [0.2, 0.25) is 0 Å². The van der Waals surface area contributed by atoms with E-state index in [1.165, 1.54) is 10.5 Å². The molecule has 1 N–H and O–H groups in total. The van der Waals surface area contributed by atoms with Gasteiger partial charge in [0.25, 0.3) is 0 Å². The number of likely N-dealkylation sites (N-methyl/N-ethyl adjacent to an activating group) is 1. The fourth-order valence-electron chi connectivity index (χ4n) is 1.81. The molecule has 0 bridgehead atoms. The Morgan fingerprint density at radius 3 is 2.56 bits per heavy atom. The van der Waals surface area contributed by atoms with Crippen molar-refractivity contribution in [3.8, 4) is 0 Å². The normalized spacial score (nSPS) is 12.1. The summed E-state index contributed by atoms with van der Waals surface area (Å²) in [5.41, 5.74) is 1.61. The molecule has 0 radical (unpaired) electrons. The number of nitrogens with one attached hydrogen (secondary N) is 1. The maximum absolute atomic E-state index is 3.26. The quantitative estimate of drug-likeness (QED) is 0.784. The van der Waals surface area contributed by atoms with Gasteiger partial charge in [0.05, 0.1) is 0 Å². The Hall–Kier alpha value is -0.470. The largest absolute Gasteiger partial charge is 0.319 e. The maximum Gasteiger partial charge on any atom is 0.00775 e. The first-order valence-electron chi connectivity index (χ1n) is 5.87. The lowest BCUT2D eigenvalue weighted by Gasteiger charge is -2.25. The van der Waals surface area contributed by atoms with Gasteiger partial charge >= 0.3 is 0 Å². The highest BCUT2D eigenvalue weighted by Crippen LogP contribution is 2.28. The molecule has 1 aromatic carbocycles. The molecule has 2 heteroatoms. The molecule has 1 nitrogen and oxygen atoms in total. The SMILES string of the molecule is CNCC(C)(C)c1cccc(SC(C)C)c1. The van der Waals surface area contributed by atoms with E-state index in [1.54, 1.807) is 0 Å². The second-order valence-electron chi connectivity index (χ2n) is 5.11. The summed E-state index contributed by atoms with van der Waals surface area (Å²) in [5.74, 6) is 0. The zero-order valence-corrected chi connectivity index (χ0v) is 11.8. The van der Waals surface area contributed by atoms with Crippen LogP contribution >= 0.6 is 11.8 Å². The van der Waals surface area contributed by atoms with E-state index in [2.05, 4.69) is 57.3 Å². The van der Waals surface area contributed by atoms with Crippen molar-refractivity contribution >= 4 is 11.8 Å². The maximum atomic E-state index is 3.26. The van der Waals surface area contributed by atoms with Crippen LogP contribution in [0.1, 0.15) is 33.3 Å². The van der Waals surface area contributed by atoms with Crippen LogP contribution in [0, 0.1) is 0 Å². The lowest BCUT2D eigenvalue weighted by Crippen LogP contribution is -2.30. The summed E-state index contributed by atoms with van der Waals surface area (Å²) in [5, 5.41) is 3.90. The van der Waals surface area contributed by atoms with Crippen molar-refractivity contribution in [1.29, 1.82) is 0 Å². The van der Waals surface area contributed by atoms with Crippen LogP contribution in [0.5, 0.6) is 0 Å². The summed E-state index contributed by atoms with van der Waals surface area (Å²) in [6.45, 7) is 10.0. The van der Waals surface area contributed by atoms with Crippen LogP contribution in [0.3, 0.4) is 0 Å². The Labute approximate surface area is 104 Å². The number of benzene rings is 1. The molecule has 0 unspecified atom stereocenters. The van der Waals surface area contributed by atoms with Gasteiger partial charge < -0.3 is 5.32 Å². The zero-order valence-electron chi connectivity index (χ0n) is 11.0. The molecular weight excluding hydrogens is 214 g/mol. The van der Waals surface area contributed by atoms with Gasteiger partial charge in [-0.25, -0.2) is 0 Å². The summed E-state index contributed by atoms with van der Waals surface area (Å²) in [6, 6.07) is 8.91. The predicted octanol–water partition coefficient (Wildman–Crippen LogP) is 3.68. The molecule has 0 saturated heterocycles. The molecule has 1 rings (SSSR count). The Kier molecular flexibility index (Phi) is 4.88. The summed E-state index contributed by atoms with van der Waals surface area (Å²) in [7, 11) is 2.01. The summed E-state index contributed by atoms with van der Waals surface area (Å²) < 4.78 is 0. The molecule has 0 aliphatic heterocycles. The number of rotatable bonds is 5. The fourth-order valence-corrected chi connectivity index (χ4v) is 2.70. The van der Waals surface area contributed by atoms with Crippen molar-refractivity contribution in [2.24, 2.45) is 0 Å². The third kappa shape index (κ3) is 3.84. The highest BCUT2D eigenvalue weighted by molar-refractivity contribution is 7.99. The Morgan fingerprint density at radius 2 is 2.00 bits per heavy atom. The minimum Gasteiger partial charge on any atom is -0.319 e. The van der Waals surface area contributed by atoms with Crippen molar-refractivity contribution in [1.82, 2.24) is 5.32 Å². The molecule has 0 heterocycles. The molecule has 0 spiro atoms. The van der Waals surface area contributed by atoms with E-state index in [1.807, 2.05) is 18.8 Å². The average molecular weight is 237 g/mol. The van der Waals surface area contributed by atoms with Crippen molar-refractivity contribution < 1.29 is 0 Å². The van der Waals surface area contributed by atoms with Crippen molar-refractivity contribution in [3.05, 3.63) is 29.8 Å². The Bertz CT molecular complexity index is 331. The third-order valence-corrected chi connectivity index (χ3v) is 3.60. The van der Waals surface area contributed by atoms with Gasteiger partial charge in [0.1, 0.15) is 0 Å². The lowest BCUT2D eigenvalue weighted by atomic mass is 9.85.